The number of hydrogen-bond acceptors (Lipinski definition) is 4. The van der Waals surface area contributed by atoms with Gasteiger partial charge in [0, 0.05) is 11.4 Å². The summed E-state index contributed by atoms with van der Waals surface area (Å²) >= 11 is 3.30. The van der Waals surface area contributed by atoms with Crippen LogP contribution in [-0.2, 0) is 5.60 Å². The van der Waals surface area contributed by atoms with E-state index in [-0.39, 0.29) is 12.6 Å². The SMILES string of the molecule is CSCCCCNC(=O)NC[C@@](C)(O)c1cccs1. The number of carbonyl (C=O) groups is 1. The lowest BCUT2D eigenvalue weighted by Crippen LogP contribution is -2.43. The van der Waals surface area contributed by atoms with Gasteiger partial charge in [0.25, 0.3) is 0 Å². The molecule has 1 atom stereocenters. The van der Waals surface area contributed by atoms with Crippen LogP contribution in [-0.4, -0.2) is 36.2 Å². The Bertz CT molecular complexity index is 367. The molecule has 0 bridgehead atoms. The predicted octanol–water partition coefficient (Wildman–Crippen LogP) is 2.40. The number of rotatable bonds is 8. The van der Waals surface area contributed by atoms with Crippen molar-refractivity contribution >= 4 is 29.1 Å². The minimum absolute atomic E-state index is 0.212. The first kappa shape index (κ1) is 16.3. The molecule has 0 aliphatic rings. The van der Waals surface area contributed by atoms with Crippen molar-refractivity contribution in [2.75, 3.05) is 25.1 Å². The van der Waals surface area contributed by atoms with E-state index in [4.69, 9.17) is 0 Å². The van der Waals surface area contributed by atoms with Crippen molar-refractivity contribution in [3.05, 3.63) is 22.4 Å². The number of aliphatic hydroxyl groups is 1. The lowest BCUT2D eigenvalue weighted by Gasteiger charge is -2.22. The van der Waals surface area contributed by atoms with E-state index in [1.807, 2.05) is 29.3 Å². The van der Waals surface area contributed by atoms with Gasteiger partial charge in [0.2, 0.25) is 0 Å². The van der Waals surface area contributed by atoms with Crippen LogP contribution in [0.4, 0.5) is 4.79 Å². The molecule has 1 aromatic heterocycles. The van der Waals surface area contributed by atoms with E-state index in [9.17, 15) is 9.90 Å². The molecule has 1 rings (SSSR count). The standard InChI is InChI=1S/C13H22N2O2S2/c1-13(17,11-6-5-9-19-11)10-15-12(16)14-7-3-4-8-18-2/h5-6,9,17H,3-4,7-8,10H2,1-2H3,(H2,14,15,16)/t13-/m1/s1. The molecule has 0 aliphatic heterocycles. The van der Waals surface area contributed by atoms with E-state index in [1.54, 1.807) is 6.92 Å². The van der Waals surface area contributed by atoms with Gasteiger partial charge in [0.1, 0.15) is 5.60 Å². The second kappa shape index (κ2) is 8.45. The van der Waals surface area contributed by atoms with Gasteiger partial charge >= 0.3 is 6.03 Å². The molecule has 0 radical (unpaired) electrons. The monoisotopic (exact) mass is 302 g/mol. The third-order valence-electron chi connectivity index (χ3n) is 2.71. The predicted molar refractivity (Wildman–Crippen MR) is 82.9 cm³/mol. The maximum Gasteiger partial charge on any atom is 0.314 e. The molecule has 0 spiro atoms. The summed E-state index contributed by atoms with van der Waals surface area (Å²) in [6, 6.07) is 3.54. The highest BCUT2D eigenvalue weighted by atomic mass is 32.2. The summed E-state index contributed by atoms with van der Waals surface area (Å²) in [6.07, 6.45) is 4.16. The van der Waals surface area contributed by atoms with E-state index in [0.29, 0.717) is 6.54 Å². The molecule has 0 fully saturated rings. The fraction of sp³-hybridized carbons (Fsp3) is 0.615. The van der Waals surface area contributed by atoms with Crippen molar-refractivity contribution in [2.45, 2.75) is 25.4 Å². The Morgan fingerprint density at radius 1 is 1.47 bits per heavy atom. The number of urea groups is 1. The number of nitrogens with one attached hydrogen (secondary N) is 2. The summed E-state index contributed by atoms with van der Waals surface area (Å²) in [4.78, 5) is 12.4. The Hall–Kier alpha value is -0.720. The molecule has 0 saturated carbocycles. The molecule has 0 saturated heterocycles. The van der Waals surface area contributed by atoms with Crippen LogP contribution in [0.1, 0.15) is 24.6 Å². The zero-order chi connectivity index (χ0) is 14.1. The highest BCUT2D eigenvalue weighted by Gasteiger charge is 2.24. The molecule has 0 unspecified atom stereocenters. The third-order valence-corrected chi connectivity index (χ3v) is 4.53. The molecule has 1 aromatic rings. The number of thioether (sulfide) groups is 1. The number of unbranched alkanes of at least 4 members (excludes halogenated alkanes) is 1. The molecule has 6 heteroatoms. The van der Waals surface area contributed by atoms with Crippen LogP contribution in [0, 0.1) is 0 Å². The molecule has 19 heavy (non-hydrogen) atoms. The Morgan fingerprint density at radius 3 is 2.89 bits per heavy atom. The quantitative estimate of drug-likeness (QED) is 0.646. The van der Waals surface area contributed by atoms with Gasteiger partial charge in [-0.15, -0.1) is 11.3 Å². The average Bonchev–Trinajstić information content (AvgIpc) is 2.91. The molecule has 4 nitrogen and oxygen atoms in total. The normalized spacial score (nSPS) is 13.8. The Morgan fingerprint density at radius 2 is 2.26 bits per heavy atom. The van der Waals surface area contributed by atoms with E-state index in [0.717, 1.165) is 23.5 Å². The second-order valence-electron chi connectivity index (χ2n) is 4.56. The lowest BCUT2D eigenvalue weighted by atomic mass is 10.1. The van der Waals surface area contributed by atoms with E-state index >= 15 is 0 Å². The Labute approximate surface area is 123 Å². The molecule has 1 heterocycles. The van der Waals surface area contributed by atoms with E-state index in [2.05, 4.69) is 16.9 Å². The number of thiophene rings is 1. The Kier molecular flexibility index (Phi) is 7.27. The zero-order valence-electron chi connectivity index (χ0n) is 11.4. The van der Waals surface area contributed by atoms with Gasteiger partial charge in [-0.1, -0.05) is 6.07 Å². The largest absolute Gasteiger partial charge is 0.383 e. The summed E-state index contributed by atoms with van der Waals surface area (Å²) in [7, 11) is 0. The van der Waals surface area contributed by atoms with Crippen LogP contribution in [0.2, 0.25) is 0 Å². The van der Waals surface area contributed by atoms with Crippen LogP contribution in [0.5, 0.6) is 0 Å². The van der Waals surface area contributed by atoms with Gasteiger partial charge < -0.3 is 15.7 Å². The maximum atomic E-state index is 11.6. The minimum Gasteiger partial charge on any atom is -0.383 e. The van der Waals surface area contributed by atoms with Crippen LogP contribution in [0.25, 0.3) is 0 Å². The van der Waals surface area contributed by atoms with Gasteiger partial charge in [-0.3, -0.25) is 0 Å². The average molecular weight is 302 g/mol. The minimum atomic E-state index is -1.01. The first-order valence-corrected chi connectivity index (χ1v) is 8.60. The zero-order valence-corrected chi connectivity index (χ0v) is 13.1. The number of amides is 2. The highest BCUT2D eigenvalue weighted by molar-refractivity contribution is 7.98. The van der Waals surface area contributed by atoms with Gasteiger partial charge in [0.05, 0.1) is 6.54 Å². The summed E-state index contributed by atoms with van der Waals surface area (Å²) in [5.41, 5.74) is -1.01. The second-order valence-corrected chi connectivity index (χ2v) is 6.49. The van der Waals surface area contributed by atoms with Crippen LogP contribution in [0.3, 0.4) is 0 Å². The third kappa shape index (κ3) is 6.31. The van der Waals surface area contributed by atoms with Crippen LogP contribution < -0.4 is 10.6 Å². The van der Waals surface area contributed by atoms with Gasteiger partial charge in [-0.05, 0) is 43.2 Å². The molecular weight excluding hydrogens is 280 g/mol. The van der Waals surface area contributed by atoms with Crippen molar-refractivity contribution < 1.29 is 9.90 Å². The van der Waals surface area contributed by atoms with Crippen molar-refractivity contribution in [1.29, 1.82) is 0 Å². The number of hydrogen-bond donors (Lipinski definition) is 3. The van der Waals surface area contributed by atoms with Crippen molar-refractivity contribution in [3.63, 3.8) is 0 Å². The maximum absolute atomic E-state index is 11.6. The summed E-state index contributed by atoms with van der Waals surface area (Å²) < 4.78 is 0. The first-order valence-electron chi connectivity index (χ1n) is 6.33. The van der Waals surface area contributed by atoms with Gasteiger partial charge in [0.15, 0.2) is 0 Å². The molecular formula is C13H22N2O2S2. The Balaban J connectivity index is 2.19. The van der Waals surface area contributed by atoms with Crippen molar-refractivity contribution in [2.24, 2.45) is 0 Å². The first-order chi connectivity index (χ1) is 9.06. The molecule has 108 valence electrons. The van der Waals surface area contributed by atoms with Gasteiger partial charge in [-0.25, -0.2) is 4.79 Å². The number of carbonyl (C=O) groups excluding carboxylic acids is 1. The molecule has 3 N–H and O–H groups in total. The molecule has 2 amide bonds. The smallest absolute Gasteiger partial charge is 0.314 e. The molecule has 0 aromatic carbocycles. The van der Waals surface area contributed by atoms with E-state index < -0.39 is 5.60 Å². The van der Waals surface area contributed by atoms with Gasteiger partial charge in [-0.2, -0.15) is 11.8 Å². The highest BCUT2D eigenvalue weighted by Crippen LogP contribution is 2.24. The van der Waals surface area contributed by atoms with Crippen LogP contribution >= 0.6 is 23.1 Å². The fourth-order valence-electron chi connectivity index (χ4n) is 1.56. The van der Waals surface area contributed by atoms with Crippen LogP contribution in [0.15, 0.2) is 17.5 Å². The lowest BCUT2D eigenvalue weighted by molar-refractivity contribution is 0.0631. The topological polar surface area (TPSA) is 61.4 Å². The van der Waals surface area contributed by atoms with Crippen molar-refractivity contribution in [3.8, 4) is 0 Å². The molecule has 0 aliphatic carbocycles. The summed E-state index contributed by atoms with van der Waals surface area (Å²) in [6.45, 7) is 2.59. The summed E-state index contributed by atoms with van der Waals surface area (Å²) in [5.74, 6) is 1.12. The summed E-state index contributed by atoms with van der Waals surface area (Å²) in [5, 5.41) is 17.6. The fourth-order valence-corrected chi connectivity index (χ4v) is 2.84. The van der Waals surface area contributed by atoms with E-state index in [1.165, 1.54) is 11.3 Å². The van der Waals surface area contributed by atoms with Crippen molar-refractivity contribution in [1.82, 2.24) is 10.6 Å².